The number of amides is 2. The van der Waals surface area contributed by atoms with Crippen molar-refractivity contribution in [3.05, 3.63) is 58.6 Å². The molecule has 112 valence electrons. The lowest BCUT2D eigenvalue weighted by molar-refractivity contribution is 0.102. The van der Waals surface area contributed by atoms with E-state index in [1.807, 2.05) is 6.07 Å². The molecule has 0 saturated carbocycles. The van der Waals surface area contributed by atoms with Crippen LogP contribution in [0.25, 0.3) is 0 Å². The van der Waals surface area contributed by atoms with E-state index in [1.54, 1.807) is 47.4 Å². The van der Waals surface area contributed by atoms with Gasteiger partial charge in [-0.25, -0.2) is 4.79 Å². The summed E-state index contributed by atoms with van der Waals surface area (Å²) in [6, 6.07) is 14.3. The number of rotatable bonds is 3. The number of benzene rings is 2. The molecule has 2 aromatic rings. The first-order chi connectivity index (χ1) is 10.6. The lowest BCUT2D eigenvalue weighted by Crippen LogP contribution is -2.23. The minimum Gasteiger partial charge on any atom is -0.447 e. The first-order valence-corrected chi connectivity index (χ1v) is 7.54. The van der Waals surface area contributed by atoms with Crippen molar-refractivity contribution in [3.63, 3.8) is 0 Å². The molecule has 6 heteroatoms. The van der Waals surface area contributed by atoms with E-state index in [0.29, 0.717) is 24.4 Å². The van der Waals surface area contributed by atoms with Crippen LogP contribution >= 0.6 is 15.9 Å². The molecular weight excluding hydrogens is 348 g/mol. The summed E-state index contributed by atoms with van der Waals surface area (Å²) in [7, 11) is 0. The molecule has 1 saturated heterocycles. The van der Waals surface area contributed by atoms with Crippen LogP contribution in [0.1, 0.15) is 10.4 Å². The Hall–Kier alpha value is -2.34. The standard InChI is InChI=1S/C16H13BrN2O3/c17-12-3-1-2-11(10-12)15(20)18-13-4-6-14(7-5-13)19-8-9-22-16(19)21/h1-7,10H,8-9H2,(H,18,20). The highest BCUT2D eigenvalue weighted by molar-refractivity contribution is 9.10. The minimum atomic E-state index is -0.342. The number of carbonyl (C=O) groups is 2. The Morgan fingerprint density at radius 1 is 1.18 bits per heavy atom. The Morgan fingerprint density at radius 3 is 2.59 bits per heavy atom. The third-order valence-corrected chi connectivity index (χ3v) is 3.78. The van der Waals surface area contributed by atoms with Crippen LogP contribution in [-0.2, 0) is 4.74 Å². The van der Waals surface area contributed by atoms with E-state index in [9.17, 15) is 9.59 Å². The first kappa shape index (κ1) is 14.6. The van der Waals surface area contributed by atoms with Crippen molar-refractivity contribution in [1.29, 1.82) is 0 Å². The molecular formula is C16H13BrN2O3. The van der Waals surface area contributed by atoms with Gasteiger partial charge in [0.15, 0.2) is 0 Å². The summed E-state index contributed by atoms with van der Waals surface area (Å²) in [5, 5.41) is 2.82. The van der Waals surface area contributed by atoms with E-state index in [0.717, 1.165) is 10.2 Å². The van der Waals surface area contributed by atoms with Crippen molar-refractivity contribution < 1.29 is 14.3 Å². The third kappa shape index (κ3) is 3.12. The van der Waals surface area contributed by atoms with Crippen LogP contribution in [0.5, 0.6) is 0 Å². The summed E-state index contributed by atoms with van der Waals surface area (Å²) in [6.45, 7) is 0.947. The highest BCUT2D eigenvalue weighted by Crippen LogP contribution is 2.21. The van der Waals surface area contributed by atoms with E-state index >= 15 is 0 Å². The van der Waals surface area contributed by atoms with Crippen LogP contribution in [-0.4, -0.2) is 25.2 Å². The number of anilines is 2. The van der Waals surface area contributed by atoms with E-state index in [2.05, 4.69) is 21.2 Å². The quantitative estimate of drug-likeness (QED) is 0.908. The summed E-state index contributed by atoms with van der Waals surface area (Å²) in [6.07, 6.45) is -0.342. The number of hydrogen-bond donors (Lipinski definition) is 1. The first-order valence-electron chi connectivity index (χ1n) is 6.75. The smallest absolute Gasteiger partial charge is 0.414 e. The lowest BCUT2D eigenvalue weighted by Gasteiger charge is -2.13. The molecule has 1 fully saturated rings. The highest BCUT2D eigenvalue weighted by Gasteiger charge is 2.23. The van der Waals surface area contributed by atoms with Crippen LogP contribution in [0.2, 0.25) is 0 Å². The summed E-state index contributed by atoms with van der Waals surface area (Å²) in [4.78, 5) is 25.2. The van der Waals surface area contributed by atoms with Crippen molar-refractivity contribution in [3.8, 4) is 0 Å². The van der Waals surface area contributed by atoms with Crippen molar-refractivity contribution in [1.82, 2.24) is 0 Å². The van der Waals surface area contributed by atoms with E-state index in [-0.39, 0.29) is 12.0 Å². The van der Waals surface area contributed by atoms with E-state index in [1.165, 1.54) is 0 Å². The van der Waals surface area contributed by atoms with Gasteiger partial charge in [-0.05, 0) is 42.5 Å². The average Bonchev–Trinajstić information content (AvgIpc) is 2.94. The maximum atomic E-state index is 12.1. The van der Waals surface area contributed by atoms with Gasteiger partial charge in [0.05, 0.1) is 6.54 Å². The molecule has 1 N–H and O–H groups in total. The highest BCUT2D eigenvalue weighted by atomic mass is 79.9. The van der Waals surface area contributed by atoms with Gasteiger partial charge in [-0.15, -0.1) is 0 Å². The maximum Gasteiger partial charge on any atom is 0.414 e. The molecule has 0 aromatic heterocycles. The lowest BCUT2D eigenvalue weighted by atomic mass is 10.2. The van der Waals surface area contributed by atoms with Crippen molar-refractivity contribution in [2.45, 2.75) is 0 Å². The number of cyclic esters (lactones) is 1. The molecule has 1 heterocycles. The SMILES string of the molecule is O=C(Nc1ccc(N2CCOC2=O)cc1)c1cccc(Br)c1. The second-order valence-corrected chi connectivity index (χ2v) is 5.69. The number of hydrogen-bond acceptors (Lipinski definition) is 3. The molecule has 1 aliphatic heterocycles. The maximum absolute atomic E-state index is 12.1. The molecule has 0 spiro atoms. The molecule has 2 aromatic carbocycles. The summed E-state index contributed by atoms with van der Waals surface area (Å²) in [5.41, 5.74) is 1.99. The number of ether oxygens (including phenoxy) is 1. The Bertz CT molecular complexity index is 716. The second-order valence-electron chi connectivity index (χ2n) is 4.78. The van der Waals surface area contributed by atoms with Gasteiger partial charge in [0.1, 0.15) is 6.61 Å². The predicted molar refractivity (Wildman–Crippen MR) is 87.2 cm³/mol. The van der Waals surface area contributed by atoms with Gasteiger partial charge in [0, 0.05) is 21.4 Å². The molecule has 22 heavy (non-hydrogen) atoms. The molecule has 0 radical (unpaired) electrons. The van der Waals surface area contributed by atoms with Crippen LogP contribution in [0.15, 0.2) is 53.0 Å². The fourth-order valence-corrected chi connectivity index (χ4v) is 2.58. The van der Waals surface area contributed by atoms with Gasteiger partial charge >= 0.3 is 6.09 Å². The zero-order valence-corrected chi connectivity index (χ0v) is 13.2. The van der Waals surface area contributed by atoms with Crippen LogP contribution in [0, 0.1) is 0 Å². The Balaban J connectivity index is 1.71. The monoisotopic (exact) mass is 360 g/mol. The van der Waals surface area contributed by atoms with Gasteiger partial charge in [-0.1, -0.05) is 22.0 Å². The second kappa shape index (κ2) is 6.19. The van der Waals surface area contributed by atoms with Crippen molar-refractivity contribution in [2.75, 3.05) is 23.4 Å². The molecule has 1 aliphatic rings. The predicted octanol–water partition coefficient (Wildman–Crippen LogP) is 3.66. The van der Waals surface area contributed by atoms with Crippen LogP contribution in [0.3, 0.4) is 0 Å². The van der Waals surface area contributed by atoms with Gasteiger partial charge in [-0.2, -0.15) is 0 Å². The number of carbonyl (C=O) groups excluding carboxylic acids is 2. The number of nitrogens with zero attached hydrogens (tertiary/aromatic N) is 1. The van der Waals surface area contributed by atoms with Gasteiger partial charge < -0.3 is 10.1 Å². The fraction of sp³-hybridized carbons (Fsp3) is 0.125. The number of halogens is 1. The summed E-state index contributed by atoms with van der Waals surface area (Å²) in [5.74, 6) is -0.186. The third-order valence-electron chi connectivity index (χ3n) is 3.28. The molecule has 0 bridgehead atoms. The normalized spacial score (nSPS) is 13.9. The summed E-state index contributed by atoms with van der Waals surface area (Å²) >= 11 is 3.34. The topological polar surface area (TPSA) is 58.6 Å². The average molecular weight is 361 g/mol. The molecule has 0 aliphatic carbocycles. The zero-order valence-electron chi connectivity index (χ0n) is 11.6. The Labute approximate surface area is 136 Å². The fourth-order valence-electron chi connectivity index (χ4n) is 2.19. The summed E-state index contributed by atoms with van der Waals surface area (Å²) < 4.78 is 5.75. The largest absolute Gasteiger partial charge is 0.447 e. The van der Waals surface area contributed by atoms with Crippen molar-refractivity contribution in [2.24, 2.45) is 0 Å². The van der Waals surface area contributed by atoms with Gasteiger partial charge in [-0.3, -0.25) is 9.69 Å². The van der Waals surface area contributed by atoms with Gasteiger partial charge in [0.25, 0.3) is 5.91 Å². The number of nitrogens with one attached hydrogen (secondary N) is 1. The van der Waals surface area contributed by atoms with Gasteiger partial charge in [0.2, 0.25) is 0 Å². The Morgan fingerprint density at radius 2 is 1.95 bits per heavy atom. The van der Waals surface area contributed by atoms with Crippen molar-refractivity contribution >= 4 is 39.3 Å². The minimum absolute atomic E-state index is 0.186. The van der Waals surface area contributed by atoms with E-state index in [4.69, 9.17) is 4.74 Å². The molecule has 3 rings (SSSR count). The molecule has 2 amide bonds. The van der Waals surface area contributed by atoms with Crippen LogP contribution < -0.4 is 10.2 Å². The zero-order chi connectivity index (χ0) is 15.5. The van der Waals surface area contributed by atoms with E-state index < -0.39 is 0 Å². The molecule has 0 unspecified atom stereocenters. The molecule has 0 atom stereocenters. The van der Waals surface area contributed by atoms with Crippen LogP contribution in [0.4, 0.5) is 16.2 Å². The molecule has 5 nitrogen and oxygen atoms in total. The Kier molecular flexibility index (Phi) is 4.11.